The van der Waals surface area contributed by atoms with Crippen molar-refractivity contribution in [3.05, 3.63) is 90.4 Å². The molecule has 1 aliphatic heterocycles. The van der Waals surface area contributed by atoms with Crippen LogP contribution >= 0.6 is 0 Å². The average molecular weight is 591 g/mol. The van der Waals surface area contributed by atoms with Crippen molar-refractivity contribution < 1.29 is 9.47 Å². The summed E-state index contributed by atoms with van der Waals surface area (Å²) in [5.41, 5.74) is 7.58. The van der Waals surface area contributed by atoms with Crippen molar-refractivity contribution in [3.8, 4) is 17.0 Å². The molecular weight excluding hydrogens is 548 g/mol. The number of aliphatic imine (C=N–C) groups is 3. The number of nitrogens with one attached hydrogen (secondary N) is 1. The van der Waals surface area contributed by atoms with Gasteiger partial charge in [-0.15, -0.1) is 0 Å². The lowest BCUT2D eigenvalue weighted by molar-refractivity contribution is 0.156. The van der Waals surface area contributed by atoms with Gasteiger partial charge < -0.3 is 19.4 Å². The number of pyridine rings is 1. The number of aromatic nitrogens is 2. The molecule has 8 nitrogen and oxygen atoms in total. The van der Waals surface area contributed by atoms with E-state index < -0.39 is 0 Å². The van der Waals surface area contributed by atoms with Gasteiger partial charge in [-0.05, 0) is 78.9 Å². The molecule has 2 unspecified atom stereocenters. The molecule has 2 aromatic carbocycles. The SMILES string of the molecule is C=N/C=C(\C=C/C(C)OC)C(Nc1cc2c(c(-c3ccc4ccn(C)c4c3)c1)N=CCCC=N2)c1ccc(OC)nc1.CC. The van der Waals surface area contributed by atoms with E-state index in [1.165, 1.54) is 5.39 Å². The van der Waals surface area contributed by atoms with Gasteiger partial charge in [-0.2, -0.15) is 0 Å². The molecule has 3 heterocycles. The molecule has 0 saturated carbocycles. The Morgan fingerprint density at radius 1 is 1.05 bits per heavy atom. The maximum Gasteiger partial charge on any atom is 0.212 e. The molecule has 228 valence electrons. The first-order valence-electron chi connectivity index (χ1n) is 14.9. The van der Waals surface area contributed by atoms with Gasteiger partial charge in [0.2, 0.25) is 5.88 Å². The number of ether oxygens (including phenoxy) is 2. The predicted octanol–water partition coefficient (Wildman–Crippen LogP) is 8.80. The van der Waals surface area contributed by atoms with Crippen LogP contribution in [0.15, 0.2) is 99.8 Å². The summed E-state index contributed by atoms with van der Waals surface area (Å²) in [4.78, 5) is 18.3. The molecule has 2 aromatic heterocycles. The second kappa shape index (κ2) is 15.6. The molecule has 4 aromatic rings. The Labute approximate surface area is 260 Å². The Kier molecular flexibility index (Phi) is 11.4. The van der Waals surface area contributed by atoms with Gasteiger partial charge in [0.25, 0.3) is 0 Å². The van der Waals surface area contributed by atoms with Crippen LogP contribution in [0.1, 0.15) is 45.2 Å². The van der Waals surface area contributed by atoms with Crippen LogP contribution in [0, 0.1) is 0 Å². The van der Waals surface area contributed by atoms with E-state index in [9.17, 15) is 0 Å². The minimum atomic E-state index is -0.309. The van der Waals surface area contributed by atoms with Crippen molar-refractivity contribution in [3.63, 3.8) is 0 Å². The van der Waals surface area contributed by atoms with Gasteiger partial charge in [-0.25, -0.2) is 4.98 Å². The minimum absolute atomic E-state index is 0.0736. The van der Waals surface area contributed by atoms with Crippen LogP contribution in [0.25, 0.3) is 22.0 Å². The molecule has 2 atom stereocenters. The first-order valence-corrected chi connectivity index (χ1v) is 14.9. The molecule has 0 radical (unpaired) electrons. The van der Waals surface area contributed by atoms with Gasteiger partial charge in [-0.1, -0.05) is 38.1 Å². The molecule has 0 bridgehead atoms. The van der Waals surface area contributed by atoms with Crippen LogP contribution < -0.4 is 10.1 Å². The number of benzene rings is 2. The predicted molar refractivity (Wildman–Crippen MR) is 186 cm³/mol. The highest BCUT2D eigenvalue weighted by molar-refractivity contribution is 5.94. The number of hydrogen-bond acceptors (Lipinski definition) is 7. The molecule has 0 spiro atoms. The molecular formula is C36H42N6O2. The monoisotopic (exact) mass is 590 g/mol. The van der Waals surface area contributed by atoms with Crippen LogP contribution in [-0.4, -0.2) is 49.0 Å². The molecule has 0 aliphatic carbocycles. The minimum Gasteiger partial charge on any atom is -0.481 e. The van der Waals surface area contributed by atoms with Crippen molar-refractivity contribution in [2.75, 3.05) is 19.5 Å². The number of anilines is 1. The molecule has 44 heavy (non-hydrogen) atoms. The van der Waals surface area contributed by atoms with Crippen molar-refractivity contribution >= 4 is 47.1 Å². The smallest absolute Gasteiger partial charge is 0.212 e. The van der Waals surface area contributed by atoms with Gasteiger partial charge >= 0.3 is 0 Å². The number of methoxy groups -OCH3 is 2. The summed E-state index contributed by atoms with van der Waals surface area (Å²) in [5, 5.41) is 4.93. The van der Waals surface area contributed by atoms with Gasteiger partial charge in [0.1, 0.15) is 0 Å². The fourth-order valence-electron chi connectivity index (χ4n) is 4.91. The van der Waals surface area contributed by atoms with Crippen LogP contribution in [0.2, 0.25) is 0 Å². The normalized spacial score (nSPS) is 14.3. The van der Waals surface area contributed by atoms with Crippen molar-refractivity contribution in [1.29, 1.82) is 0 Å². The van der Waals surface area contributed by atoms with E-state index in [2.05, 4.69) is 70.2 Å². The fourth-order valence-corrected chi connectivity index (χ4v) is 4.91. The lowest BCUT2D eigenvalue weighted by Crippen LogP contribution is -2.14. The molecule has 5 rings (SSSR count). The van der Waals surface area contributed by atoms with Gasteiger partial charge in [0, 0.05) is 68.0 Å². The highest BCUT2D eigenvalue weighted by atomic mass is 16.5. The Bertz CT molecular complexity index is 1680. The standard InChI is InChI=1S/C34H36N6O2.C2H6/c1-23(41-4)8-9-26(21-35-2)33(27-12-13-32(42-5)38-22-27)39-28-19-29(34-30(20-28)36-15-6-7-16-37-34)25-11-10-24-14-17-40(3)31(24)18-25;1-2/h8-23,33,39H,2,6-7H2,1,3-5H3;1-2H3/b9-8-,26-21+,36-15?,37-16?;. The van der Waals surface area contributed by atoms with E-state index in [1.807, 2.05) is 63.6 Å². The van der Waals surface area contributed by atoms with E-state index in [1.54, 1.807) is 26.6 Å². The Hall–Kier alpha value is -4.82. The van der Waals surface area contributed by atoms with E-state index >= 15 is 0 Å². The van der Waals surface area contributed by atoms with E-state index in [4.69, 9.17) is 19.5 Å². The Balaban J connectivity index is 0.00000216. The average Bonchev–Trinajstić information content (AvgIpc) is 3.42. The summed E-state index contributed by atoms with van der Waals surface area (Å²) in [6.45, 7) is 9.71. The zero-order valence-corrected chi connectivity index (χ0v) is 26.5. The maximum absolute atomic E-state index is 5.45. The fraction of sp³-hybridized carbons (Fsp3) is 0.278. The highest BCUT2D eigenvalue weighted by Crippen LogP contribution is 2.43. The van der Waals surface area contributed by atoms with Crippen molar-refractivity contribution in [2.24, 2.45) is 22.0 Å². The molecule has 0 fully saturated rings. The van der Waals surface area contributed by atoms with Crippen LogP contribution in [-0.2, 0) is 11.8 Å². The Morgan fingerprint density at radius 2 is 1.84 bits per heavy atom. The summed E-state index contributed by atoms with van der Waals surface area (Å²) in [7, 11) is 5.35. The topological polar surface area (TPSA) is 85.4 Å². The van der Waals surface area contributed by atoms with Crippen LogP contribution in [0.4, 0.5) is 17.1 Å². The van der Waals surface area contributed by atoms with Gasteiger partial charge in [-0.3, -0.25) is 15.0 Å². The third kappa shape index (κ3) is 7.57. The largest absolute Gasteiger partial charge is 0.481 e. The zero-order valence-electron chi connectivity index (χ0n) is 26.5. The third-order valence-electron chi connectivity index (χ3n) is 7.28. The van der Waals surface area contributed by atoms with Crippen LogP contribution in [0.3, 0.4) is 0 Å². The molecule has 0 amide bonds. The number of rotatable bonds is 10. The zero-order chi connectivity index (χ0) is 31.5. The van der Waals surface area contributed by atoms with E-state index in [0.717, 1.165) is 57.7 Å². The third-order valence-corrected chi connectivity index (χ3v) is 7.28. The number of aryl methyl sites for hydroxylation is 1. The quantitative estimate of drug-likeness (QED) is 0.148. The summed E-state index contributed by atoms with van der Waals surface area (Å²) in [5.74, 6) is 0.542. The van der Waals surface area contributed by atoms with E-state index in [0.29, 0.717) is 5.88 Å². The second-order valence-corrected chi connectivity index (χ2v) is 10.1. The molecule has 1 aliphatic rings. The highest BCUT2D eigenvalue weighted by Gasteiger charge is 2.20. The molecule has 1 N–H and O–H groups in total. The second-order valence-electron chi connectivity index (χ2n) is 10.1. The molecule has 0 saturated heterocycles. The summed E-state index contributed by atoms with van der Waals surface area (Å²) < 4.78 is 12.9. The van der Waals surface area contributed by atoms with Crippen molar-refractivity contribution in [2.45, 2.75) is 45.8 Å². The number of fused-ring (bicyclic) bond motifs is 2. The first-order chi connectivity index (χ1) is 21.5. The maximum atomic E-state index is 5.45. The summed E-state index contributed by atoms with van der Waals surface area (Å²) in [6, 6.07) is 16.3. The van der Waals surface area contributed by atoms with Gasteiger partial charge in [0.05, 0.1) is 30.6 Å². The lowest BCUT2D eigenvalue weighted by atomic mass is 9.97. The van der Waals surface area contributed by atoms with Crippen LogP contribution in [0.5, 0.6) is 5.88 Å². The lowest BCUT2D eigenvalue weighted by Gasteiger charge is -2.23. The molecule has 8 heteroatoms. The summed E-state index contributed by atoms with van der Waals surface area (Å²) in [6.07, 6.45) is 15.2. The number of hydrogen-bond donors (Lipinski definition) is 1. The van der Waals surface area contributed by atoms with Crippen molar-refractivity contribution in [1.82, 2.24) is 9.55 Å². The van der Waals surface area contributed by atoms with Gasteiger partial charge in [0.15, 0.2) is 0 Å². The van der Waals surface area contributed by atoms with E-state index in [-0.39, 0.29) is 12.1 Å². The first kappa shape index (κ1) is 32.1. The summed E-state index contributed by atoms with van der Waals surface area (Å²) >= 11 is 0. The Morgan fingerprint density at radius 3 is 2.55 bits per heavy atom. The number of nitrogens with zero attached hydrogens (tertiary/aromatic N) is 5.